The number of benzene rings is 1. The first-order valence-electron chi connectivity index (χ1n) is 9.89. The Morgan fingerprint density at radius 3 is 2.63 bits per heavy atom. The van der Waals surface area contributed by atoms with Crippen LogP contribution in [-0.2, 0) is 11.3 Å². The number of aromatic nitrogens is 2. The summed E-state index contributed by atoms with van der Waals surface area (Å²) >= 11 is 1.39. The van der Waals surface area contributed by atoms with Crippen LogP contribution in [0.5, 0.6) is 0 Å². The van der Waals surface area contributed by atoms with Gasteiger partial charge in [0.25, 0.3) is 5.56 Å². The molecule has 0 bridgehead atoms. The van der Waals surface area contributed by atoms with Gasteiger partial charge in [0, 0.05) is 19.6 Å². The number of amides is 1. The van der Waals surface area contributed by atoms with Gasteiger partial charge in [0.1, 0.15) is 0 Å². The van der Waals surface area contributed by atoms with E-state index in [4.69, 9.17) is 4.98 Å². The van der Waals surface area contributed by atoms with E-state index in [0.717, 1.165) is 25.9 Å². The number of fused-ring (bicyclic) bond motifs is 1. The third-order valence-corrected chi connectivity index (χ3v) is 6.07. The van der Waals surface area contributed by atoms with E-state index in [1.807, 2.05) is 29.2 Å². The molecule has 1 fully saturated rings. The second kappa shape index (κ2) is 8.91. The van der Waals surface area contributed by atoms with Gasteiger partial charge in [0.05, 0.1) is 16.7 Å². The molecule has 2 heterocycles. The molecule has 146 valence electrons. The van der Waals surface area contributed by atoms with Gasteiger partial charge in [0.15, 0.2) is 5.16 Å². The number of carbonyl (C=O) groups is 1. The standard InChI is InChI=1S/C21H29N3O2S/c1-4-5-10-24-20(26)17-8-6-7-9-18(17)22-21(24)27-14-19(25)23-12-15(2)11-16(3)13-23/h6-9,15-16H,4-5,10-14H2,1-3H3. The van der Waals surface area contributed by atoms with E-state index >= 15 is 0 Å². The van der Waals surface area contributed by atoms with Gasteiger partial charge in [-0.1, -0.05) is 51.1 Å². The highest BCUT2D eigenvalue weighted by atomic mass is 32.2. The van der Waals surface area contributed by atoms with Crippen LogP contribution in [0, 0.1) is 11.8 Å². The van der Waals surface area contributed by atoms with Crippen molar-refractivity contribution in [2.45, 2.75) is 51.7 Å². The Morgan fingerprint density at radius 2 is 1.93 bits per heavy atom. The number of para-hydroxylation sites is 1. The Bertz CT molecular complexity index is 854. The largest absolute Gasteiger partial charge is 0.341 e. The third-order valence-electron chi connectivity index (χ3n) is 5.11. The van der Waals surface area contributed by atoms with Gasteiger partial charge in [-0.3, -0.25) is 14.2 Å². The summed E-state index contributed by atoms with van der Waals surface area (Å²) in [6.07, 6.45) is 3.11. The van der Waals surface area contributed by atoms with Gasteiger partial charge in [-0.05, 0) is 36.8 Å². The minimum absolute atomic E-state index is 0.00999. The molecule has 3 rings (SSSR count). The Balaban J connectivity index is 1.80. The van der Waals surface area contributed by atoms with E-state index in [-0.39, 0.29) is 11.5 Å². The highest BCUT2D eigenvalue weighted by molar-refractivity contribution is 7.99. The van der Waals surface area contributed by atoms with Crippen molar-refractivity contribution in [3.8, 4) is 0 Å². The molecule has 0 N–H and O–H groups in total. The SMILES string of the molecule is CCCCn1c(SCC(=O)N2CC(C)CC(C)C2)nc2ccccc2c1=O. The monoisotopic (exact) mass is 387 g/mol. The second-order valence-corrected chi connectivity index (χ2v) is 8.70. The summed E-state index contributed by atoms with van der Waals surface area (Å²) < 4.78 is 1.74. The highest BCUT2D eigenvalue weighted by Gasteiger charge is 2.25. The van der Waals surface area contributed by atoms with E-state index in [2.05, 4.69) is 20.8 Å². The van der Waals surface area contributed by atoms with Crippen molar-refractivity contribution in [2.24, 2.45) is 11.8 Å². The van der Waals surface area contributed by atoms with Crippen molar-refractivity contribution in [3.05, 3.63) is 34.6 Å². The summed E-state index contributed by atoms with van der Waals surface area (Å²) in [4.78, 5) is 32.3. The van der Waals surface area contributed by atoms with E-state index in [0.29, 0.717) is 40.2 Å². The third kappa shape index (κ3) is 4.72. The number of piperidine rings is 1. The van der Waals surface area contributed by atoms with Crippen molar-refractivity contribution in [1.82, 2.24) is 14.5 Å². The van der Waals surface area contributed by atoms with Gasteiger partial charge in [-0.2, -0.15) is 0 Å². The molecule has 1 aromatic carbocycles. The van der Waals surface area contributed by atoms with Crippen LogP contribution in [0.1, 0.15) is 40.0 Å². The zero-order valence-electron chi connectivity index (χ0n) is 16.5. The van der Waals surface area contributed by atoms with Crippen LogP contribution >= 0.6 is 11.8 Å². The molecule has 1 aliphatic rings. The van der Waals surface area contributed by atoms with E-state index in [1.165, 1.54) is 18.2 Å². The van der Waals surface area contributed by atoms with Crippen LogP contribution in [0.25, 0.3) is 10.9 Å². The lowest BCUT2D eigenvalue weighted by Gasteiger charge is -2.35. The fourth-order valence-electron chi connectivity index (χ4n) is 3.86. The van der Waals surface area contributed by atoms with E-state index in [9.17, 15) is 9.59 Å². The van der Waals surface area contributed by atoms with Crippen molar-refractivity contribution >= 4 is 28.6 Å². The zero-order valence-corrected chi connectivity index (χ0v) is 17.3. The molecule has 27 heavy (non-hydrogen) atoms. The Kier molecular flexibility index (Phi) is 6.58. The molecule has 0 spiro atoms. The predicted molar refractivity (Wildman–Crippen MR) is 111 cm³/mol. The van der Waals surface area contributed by atoms with E-state index in [1.54, 1.807) is 4.57 Å². The number of hydrogen-bond acceptors (Lipinski definition) is 4. The number of hydrogen-bond donors (Lipinski definition) is 0. The van der Waals surface area contributed by atoms with Gasteiger partial charge < -0.3 is 4.90 Å². The van der Waals surface area contributed by atoms with Crippen molar-refractivity contribution < 1.29 is 4.79 Å². The summed E-state index contributed by atoms with van der Waals surface area (Å²) in [5, 5.41) is 1.29. The topological polar surface area (TPSA) is 55.2 Å². The fourth-order valence-corrected chi connectivity index (χ4v) is 4.78. The van der Waals surface area contributed by atoms with Gasteiger partial charge >= 0.3 is 0 Å². The van der Waals surface area contributed by atoms with Crippen LogP contribution in [-0.4, -0.2) is 39.2 Å². The zero-order chi connectivity index (χ0) is 19.4. The van der Waals surface area contributed by atoms with Crippen LogP contribution in [0.3, 0.4) is 0 Å². The number of likely N-dealkylation sites (tertiary alicyclic amines) is 1. The van der Waals surface area contributed by atoms with E-state index < -0.39 is 0 Å². The maximum atomic E-state index is 12.9. The lowest BCUT2D eigenvalue weighted by molar-refractivity contribution is -0.130. The Morgan fingerprint density at radius 1 is 1.22 bits per heavy atom. The molecule has 2 unspecified atom stereocenters. The molecule has 1 amide bonds. The average molecular weight is 388 g/mol. The lowest BCUT2D eigenvalue weighted by atomic mass is 9.92. The number of nitrogens with zero attached hydrogens (tertiary/aromatic N) is 3. The lowest BCUT2D eigenvalue weighted by Crippen LogP contribution is -2.43. The summed E-state index contributed by atoms with van der Waals surface area (Å²) in [5.41, 5.74) is 0.689. The quantitative estimate of drug-likeness (QED) is 0.559. The Labute approximate surface area is 165 Å². The minimum atomic E-state index is -0.00999. The molecule has 0 radical (unpaired) electrons. The molecule has 2 aromatic rings. The van der Waals surface area contributed by atoms with Crippen molar-refractivity contribution in [1.29, 1.82) is 0 Å². The first kappa shape index (κ1) is 19.9. The van der Waals surface area contributed by atoms with Gasteiger partial charge in [-0.15, -0.1) is 0 Å². The van der Waals surface area contributed by atoms with Crippen molar-refractivity contribution in [3.63, 3.8) is 0 Å². The molecule has 2 atom stereocenters. The fraction of sp³-hybridized carbons (Fsp3) is 0.571. The van der Waals surface area contributed by atoms with Gasteiger partial charge in [-0.25, -0.2) is 4.98 Å². The van der Waals surface area contributed by atoms with Gasteiger partial charge in [0.2, 0.25) is 5.91 Å². The molecule has 1 aromatic heterocycles. The molecular weight excluding hydrogens is 358 g/mol. The first-order chi connectivity index (χ1) is 13.0. The van der Waals surface area contributed by atoms with Crippen LogP contribution in [0.2, 0.25) is 0 Å². The Hall–Kier alpha value is -1.82. The van der Waals surface area contributed by atoms with Crippen LogP contribution < -0.4 is 5.56 Å². The molecule has 6 heteroatoms. The number of thioether (sulfide) groups is 1. The van der Waals surface area contributed by atoms with Crippen LogP contribution in [0.4, 0.5) is 0 Å². The highest BCUT2D eigenvalue weighted by Crippen LogP contribution is 2.23. The molecule has 1 aliphatic heterocycles. The minimum Gasteiger partial charge on any atom is -0.341 e. The molecular formula is C21H29N3O2S. The first-order valence-corrected chi connectivity index (χ1v) is 10.9. The smallest absolute Gasteiger partial charge is 0.262 e. The average Bonchev–Trinajstić information content (AvgIpc) is 2.65. The predicted octanol–water partition coefficient (Wildman–Crippen LogP) is 3.79. The summed E-state index contributed by atoms with van der Waals surface area (Å²) in [6.45, 7) is 8.82. The number of rotatable bonds is 6. The molecule has 1 saturated heterocycles. The number of unbranched alkanes of at least 4 members (excludes halogenated alkanes) is 1. The molecule has 0 aliphatic carbocycles. The second-order valence-electron chi connectivity index (χ2n) is 7.76. The van der Waals surface area contributed by atoms with Crippen LogP contribution in [0.15, 0.2) is 34.2 Å². The number of carbonyl (C=O) groups excluding carboxylic acids is 1. The normalized spacial score (nSPS) is 20.2. The van der Waals surface area contributed by atoms with Crippen molar-refractivity contribution in [2.75, 3.05) is 18.8 Å². The molecule has 0 saturated carbocycles. The summed E-state index contributed by atoms with van der Waals surface area (Å²) in [6, 6.07) is 7.44. The summed E-state index contributed by atoms with van der Waals surface area (Å²) in [7, 11) is 0. The maximum Gasteiger partial charge on any atom is 0.262 e. The molecule has 5 nitrogen and oxygen atoms in total. The maximum absolute atomic E-state index is 12.9. The summed E-state index contributed by atoms with van der Waals surface area (Å²) in [5.74, 6) is 1.56.